The number of nitrogens with zero attached hydrogens (tertiary/aromatic N) is 2. The summed E-state index contributed by atoms with van der Waals surface area (Å²) in [6.45, 7) is 2.76. The number of hydrogen-bond donors (Lipinski definition) is 6. The van der Waals surface area contributed by atoms with Crippen molar-refractivity contribution in [2.75, 3.05) is 10.6 Å². The molecule has 10 heteroatoms. The van der Waals surface area contributed by atoms with E-state index >= 15 is 0 Å². The second-order valence-electron chi connectivity index (χ2n) is 14.7. The third-order valence-corrected chi connectivity index (χ3v) is 10.5. The number of H-pyrrole nitrogens is 2. The molecule has 9 rings (SSSR count). The molecule has 2 aliphatic rings. The second-order valence-corrected chi connectivity index (χ2v) is 14.7. The molecule has 0 spiro atoms. The van der Waals surface area contributed by atoms with Crippen LogP contribution in [-0.2, 0) is 9.59 Å². The monoisotopic (exact) mass is 788 g/mol. The zero-order valence-electron chi connectivity index (χ0n) is 32.8. The molecule has 4 aromatic carbocycles. The normalized spacial score (nSPS) is 12.9. The minimum Gasteiger partial charge on any atom is -0.384 e. The van der Waals surface area contributed by atoms with E-state index in [9.17, 15) is 19.8 Å². The molecule has 3 aromatic heterocycles. The quantitative estimate of drug-likeness (QED) is 0.0901. The molecule has 7 aromatic rings. The van der Waals surface area contributed by atoms with Crippen molar-refractivity contribution in [2.24, 2.45) is 0 Å². The molecule has 0 unspecified atom stereocenters. The number of rotatable bonds is 8. The van der Waals surface area contributed by atoms with E-state index in [0.717, 1.165) is 61.3 Å². The van der Waals surface area contributed by atoms with Crippen LogP contribution in [0.4, 0.5) is 11.4 Å². The van der Waals surface area contributed by atoms with Crippen molar-refractivity contribution in [3.63, 3.8) is 0 Å². The standard InChI is InChI=1S/C50H40N6O4/c1-29(57)49(59)55-34-19-12-20-35(56-50(60)30(2)58)47(34)48-42-27-25-40(53-42)45(32-15-8-4-9-16-32)38-23-21-36(51-38)44(31-13-6-3-7-14-31)37-22-24-39(52-37)46(33-17-10-5-11-18-33)41-26-28-43(48)54-41/h3-30,51,54,57-58H,1-2H3,(H,55,59)(H,56,60)/t29-,30-/m0/s1. The molecule has 8 bridgehead atoms. The smallest absolute Gasteiger partial charge is 0.252 e. The van der Waals surface area contributed by atoms with E-state index in [-0.39, 0.29) is 0 Å². The lowest BCUT2D eigenvalue weighted by Crippen LogP contribution is -2.26. The van der Waals surface area contributed by atoms with Crippen LogP contribution in [0.25, 0.3) is 90.9 Å². The number of aromatic nitrogens is 4. The first kappa shape index (κ1) is 37.9. The third-order valence-electron chi connectivity index (χ3n) is 10.5. The Morgan fingerprint density at radius 2 is 0.750 bits per heavy atom. The van der Waals surface area contributed by atoms with E-state index in [1.54, 1.807) is 18.2 Å². The summed E-state index contributed by atoms with van der Waals surface area (Å²) in [5.41, 5.74) is 13.0. The molecule has 0 fully saturated rings. The van der Waals surface area contributed by atoms with E-state index < -0.39 is 24.0 Å². The number of aliphatic hydroxyl groups is 2. The van der Waals surface area contributed by atoms with Gasteiger partial charge >= 0.3 is 0 Å². The van der Waals surface area contributed by atoms with Gasteiger partial charge in [0.05, 0.1) is 34.2 Å². The van der Waals surface area contributed by atoms with Crippen LogP contribution in [-0.4, -0.2) is 54.2 Å². The number of fused-ring (bicyclic) bond motifs is 8. The summed E-state index contributed by atoms with van der Waals surface area (Å²) < 4.78 is 0. The summed E-state index contributed by atoms with van der Waals surface area (Å²) in [5, 5.41) is 26.3. The predicted octanol–water partition coefficient (Wildman–Crippen LogP) is 9.96. The summed E-state index contributed by atoms with van der Waals surface area (Å²) >= 11 is 0. The fourth-order valence-corrected chi connectivity index (χ4v) is 7.70. The van der Waals surface area contributed by atoms with Crippen LogP contribution in [0.15, 0.2) is 133 Å². The van der Waals surface area contributed by atoms with Crippen molar-refractivity contribution < 1.29 is 19.8 Å². The van der Waals surface area contributed by atoms with Gasteiger partial charge in [-0.1, -0.05) is 97.1 Å². The molecule has 60 heavy (non-hydrogen) atoms. The van der Waals surface area contributed by atoms with Gasteiger partial charge in [-0.2, -0.15) is 0 Å². The van der Waals surface area contributed by atoms with Gasteiger partial charge in [-0.05, 0) is 91.2 Å². The predicted molar refractivity (Wildman–Crippen MR) is 241 cm³/mol. The minimum absolute atomic E-state index is 0.314. The molecule has 0 aliphatic carbocycles. The van der Waals surface area contributed by atoms with E-state index in [1.807, 2.05) is 115 Å². The lowest BCUT2D eigenvalue weighted by Gasteiger charge is -2.18. The zero-order chi connectivity index (χ0) is 41.3. The van der Waals surface area contributed by atoms with Crippen LogP contribution in [0.1, 0.15) is 36.6 Å². The van der Waals surface area contributed by atoms with Crippen molar-refractivity contribution in [3.05, 3.63) is 156 Å². The summed E-state index contributed by atoms with van der Waals surface area (Å²) in [6.07, 6.45) is 5.30. The Bertz CT molecular complexity index is 2940. The first-order chi connectivity index (χ1) is 29.2. The van der Waals surface area contributed by atoms with E-state index in [1.165, 1.54) is 13.8 Å². The van der Waals surface area contributed by atoms with Crippen LogP contribution < -0.4 is 10.6 Å². The maximum atomic E-state index is 13.2. The van der Waals surface area contributed by atoms with Gasteiger partial charge in [0.15, 0.2) is 0 Å². The highest BCUT2D eigenvalue weighted by molar-refractivity contribution is 6.09. The molecule has 2 amide bonds. The molecule has 2 atom stereocenters. The third kappa shape index (κ3) is 7.21. The highest BCUT2D eigenvalue weighted by Gasteiger charge is 2.24. The van der Waals surface area contributed by atoms with Crippen LogP contribution in [0.5, 0.6) is 0 Å². The number of hydrogen-bond acceptors (Lipinski definition) is 6. The minimum atomic E-state index is -1.32. The van der Waals surface area contributed by atoms with Crippen molar-refractivity contribution in [1.82, 2.24) is 19.9 Å². The molecule has 294 valence electrons. The van der Waals surface area contributed by atoms with Crippen molar-refractivity contribution in [3.8, 4) is 44.5 Å². The molecular weight excluding hydrogens is 749 g/mol. The second kappa shape index (κ2) is 15.9. The van der Waals surface area contributed by atoms with Gasteiger partial charge < -0.3 is 30.8 Å². The molecule has 2 aliphatic heterocycles. The van der Waals surface area contributed by atoms with Gasteiger partial charge in [-0.3, -0.25) is 9.59 Å². The SMILES string of the molecule is C[C@H](O)C(=O)Nc1cccc(NC(=O)[C@H](C)O)c1-c1c2nc(c(-c3ccccc3)c3ccc([nH]3)c(-c3ccccc3)c3nc(c(-c4ccccc4)c4ccc1[nH]4)C=C3)C=C2. The fourth-order valence-electron chi connectivity index (χ4n) is 7.70. The van der Waals surface area contributed by atoms with Gasteiger partial charge in [0, 0.05) is 49.9 Å². The van der Waals surface area contributed by atoms with Gasteiger partial charge in [0.1, 0.15) is 12.2 Å². The number of anilines is 2. The Morgan fingerprint density at radius 3 is 1.08 bits per heavy atom. The maximum Gasteiger partial charge on any atom is 0.252 e. The van der Waals surface area contributed by atoms with Crippen molar-refractivity contribution in [1.29, 1.82) is 0 Å². The molecular formula is C50H40N6O4. The van der Waals surface area contributed by atoms with Crippen molar-refractivity contribution in [2.45, 2.75) is 26.1 Å². The Labute approximate surface area is 345 Å². The van der Waals surface area contributed by atoms with Crippen LogP contribution >= 0.6 is 0 Å². The Balaban J connectivity index is 1.47. The van der Waals surface area contributed by atoms with E-state index in [2.05, 4.69) is 44.9 Å². The first-order valence-corrected chi connectivity index (χ1v) is 19.7. The number of nitrogens with one attached hydrogen (secondary N) is 4. The number of benzene rings is 4. The van der Waals surface area contributed by atoms with Gasteiger partial charge in [0.25, 0.3) is 11.8 Å². The zero-order valence-corrected chi connectivity index (χ0v) is 32.8. The van der Waals surface area contributed by atoms with Gasteiger partial charge in [0.2, 0.25) is 0 Å². The molecule has 6 N–H and O–H groups in total. The van der Waals surface area contributed by atoms with Crippen molar-refractivity contribution >= 4 is 69.6 Å². The molecule has 0 radical (unpaired) electrons. The summed E-state index contributed by atoms with van der Waals surface area (Å²) in [6, 6.07) is 43.5. The highest BCUT2D eigenvalue weighted by Crippen LogP contribution is 2.43. The van der Waals surface area contributed by atoms with E-state index in [0.29, 0.717) is 39.4 Å². The lowest BCUT2D eigenvalue weighted by atomic mass is 9.98. The average molecular weight is 789 g/mol. The lowest BCUT2D eigenvalue weighted by molar-refractivity contribution is -0.123. The molecule has 0 saturated carbocycles. The Morgan fingerprint density at radius 1 is 0.433 bits per heavy atom. The number of aromatic amines is 2. The van der Waals surface area contributed by atoms with Gasteiger partial charge in [-0.15, -0.1) is 0 Å². The number of carbonyl (C=O) groups is 2. The first-order valence-electron chi connectivity index (χ1n) is 19.7. The topological polar surface area (TPSA) is 156 Å². The Kier molecular flexibility index (Phi) is 10.1. The maximum absolute atomic E-state index is 13.2. The molecule has 5 heterocycles. The Hall–Kier alpha value is -7.66. The highest BCUT2D eigenvalue weighted by atomic mass is 16.3. The van der Waals surface area contributed by atoms with Crippen LogP contribution in [0.3, 0.4) is 0 Å². The number of carbonyl (C=O) groups excluding carboxylic acids is 2. The van der Waals surface area contributed by atoms with Crippen LogP contribution in [0, 0.1) is 0 Å². The van der Waals surface area contributed by atoms with E-state index in [4.69, 9.17) is 9.97 Å². The average Bonchev–Trinajstić information content (AvgIpc) is 4.11. The molecule has 10 nitrogen and oxygen atoms in total. The largest absolute Gasteiger partial charge is 0.384 e. The summed E-state index contributed by atoms with van der Waals surface area (Å²) in [4.78, 5) is 44.4. The summed E-state index contributed by atoms with van der Waals surface area (Å²) in [5.74, 6) is -1.28. The van der Waals surface area contributed by atoms with Crippen LogP contribution in [0.2, 0.25) is 0 Å². The van der Waals surface area contributed by atoms with Gasteiger partial charge in [-0.25, -0.2) is 9.97 Å². The molecule has 0 saturated heterocycles. The number of amides is 2. The fraction of sp³-hybridized carbons (Fsp3) is 0.0800. The summed E-state index contributed by atoms with van der Waals surface area (Å²) in [7, 11) is 0. The number of aliphatic hydroxyl groups excluding tert-OH is 2.